The lowest BCUT2D eigenvalue weighted by Gasteiger charge is -2.07. The van der Waals surface area contributed by atoms with Gasteiger partial charge in [-0.1, -0.05) is 35.1 Å². The summed E-state index contributed by atoms with van der Waals surface area (Å²) >= 11 is 7.14. The van der Waals surface area contributed by atoms with Crippen LogP contribution in [-0.2, 0) is 6.42 Å². The van der Waals surface area contributed by atoms with E-state index in [1.807, 2.05) is 24.3 Å². The number of benzene rings is 1. The van der Waals surface area contributed by atoms with Crippen LogP contribution in [0.15, 0.2) is 48.1 Å². The van der Waals surface area contributed by atoms with Gasteiger partial charge in [0.05, 0.1) is 5.56 Å². The maximum absolute atomic E-state index is 12.0. The molecule has 0 saturated heterocycles. The van der Waals surface area contributed by atoms with Gasteiger partial charge < -0.3 is 5.32 Å². The number of anilines is 2. The van der Waals surface area contributed by atoms with Crippen LogP contribution in [0.5, 0.6) is 0 Å². The van der Waals surface area contributed by atoms with E-state index in [-0.39, 0.29) is 5.91 Å². The van der Waals surface area contributed by atoms with Gasteiger partial charge in [0.1, 0.15) is 11.3 Å². The lowest BCUT2D eigenvalue weighted by atomic mass is 10.1. The normalized spacial score (nSPS) is 10.4. The second-order valence-corrected chi connectivity index (χ2v) is 6.56. The molecular formula is C17H16ClN5OS. The molecule has 6 nitrogen and oxygen atoms in total. The van der Waals surface area contributed by atoms with Crippen LogP contribution in [0.25, 0.3) is 0 Å². The molecule has 0 unspecified atom stereocenters. The molecule has 0 bridgehead atoms. The Morgan fingerprint density at radius 3 is 2.68 bits per heavy atom. The molecule has 8 heteroatoms. The summed E-state index contributed by atoms with van der Waals surface area (Å²) < 4.78 is 0. The molecule has 1 amide bonds. The number of nitrogens with zero attached hydrogens (tertiary/aromatic N) is 3. The number of hydrogen-bond acceptors (Lipinski definition) is 6. The highest BCUT2D eigenvalue weighted by molar-refractivity contribution is 7.13. The van der Waals surface area contributed by atoms with Crippen molar-refractivity contribution in [3.8, 4) is 0 Å². The summed E-state index contributed by atoms with van der Waals surface area (Å²) in [4.78, 5) is 16.3. The first-order chi connectivity index (χ1) is 12.2. The van der Waals surface area contributed by atoms with Crippen LogP contribution >= 0.6 is 22.9 Å². The van der Waals surface area contributed by atoms with Gasteiger partial charge in [-0.25, -0.2) is 4.98 Å². The van der Waals surface area contributed by atoms with Crippen molar-refractivity contribution < 1.29 is 4.79 Å². The Hall–Kier alpha value is -2.51. The fraction of sp³-hybridized carbons (Fsp3) is 0.176. The fourth-order valence-corrected chi connectivity index (χ4v) is 2.76. The molecule has 3 aromatic rings. The summed E-state index contributed by atoms with van der Waals surface area (Å²) in [6, 6.07) is 11.4. The predicted octanol–water partition coefficient (Wildman–Crippen LogP) is 3.88. The highest BCUT2D eigenvalue weighted by Gasteiger charge is 2.08. The Bertz CT molecular complexity index is 806. The van der Waals surface area contributed by atoms with Crippen molar-refractivity contribution >= 4 is 39.8 Å². The lowest BCUT2D eigenvalue weighted by Crippen LogP contribution is -2.12. The first-order valence-corrected chi connectivity index (χ1v) is 8.98. The van der Waals surface area contributed by atoms with Crippen LogP contribution in [0.3, 0.4) is 0 Å². The van der Waals surface area contributed by atoms with E-state index in [0.29, 0.717) is 10.7 Å². The highest BCUT2D eigenvalue weighted by Crippen LogP contribution is 2.13. The van der Waals surface area contributed by atoms with Crippen LogP contribution in [0, 0.1) is 0 Å². The number of halogens is 1. The van der Waals surface area contributed by atoms with Crippen molar-refractivity contribution in [2.24, 2.45) is 0 Å². The van der Waals surface area contributed by atoms with E-state index in [1.165, 1.54) is 23.1 Å². The molecule has 0 aliphatic heterocycles. The van der Waals surface area contributed by atoms with Crippen molar-refractivity contribution in [3.05, 3.63) is 64.3 Å². The molecule has 0 radical (unpaired) electrons. The van der Waals surface area contributed by atoms with Gasteiger partial charge >= 0.3 is 0 Å². The molecule has 2 N–H and O–H groups in total. The van der Waals surface area contributed by atoms with Gasteiger partial charge in [0.15, 0.2) is 0 Å². The highest BCUT2D eigenvalue weighted by atomic mass is 35.5. The molecule has 0 spiro atoms. The molecule has 0 saturated carbocycles. The van der Waals surface area contributed by atoms with Crippen molar-refractivity contribution in [2.45, 2.75) is 12.8 Å². The van der Waals surface area contributed by atoms with Crippen molar-refractivity contribution in [3.63, 3.8) is 0 Å². The zero-order valence-corrected chi connectivity index (χ0v) is 14.8. The second kappa shape index (κ2) is 8.55. The summed E-state index contributed by atoms with van der Waals surface area (Å²) in [5.41, 5.74) is 3.29. The molecule has 0 aliphatic rings. The van der Waals surface area contributed by atoms with Crippen LogP contribution in [0.2, 0.25) is 5.02 Å². The van der Waals surface area contributed by atoms with E-state index in [0.717, 1.165) is 30.2 Å². The SMILES string of the molecule is O=C(Nc1nncs1)c1ccc(NCCCc2ccc(Cl)cc2)nc1. The first kappa shape index (κ1) is 17.3. The summed E-state index contributed by atoms with van der Waals surface area (Å²) in [5.74, 6) is 0.488. The number of carbonyl (C=O) groups is 1. The van der Waals surface area contributed by atoms with E-state index in [4.69, 9.17) is 11.6 Å². The van der Waals surface area contributed by atoms with Gasteiger partial charge in [0, 0.05) is 17.8 Å². The molecule has 2 heterocycles. The third-order valence-corrected chi connectivity index (χ3v) is 4.33. The monoisotopic (exact) mass is 373 g/mol. The number of amides is 1. The molecule has 0 atom stereocenters. The minimum absolute atomic E-state index is 0.251. The number of carbonyl (C=O) groups excluding carboxylic acids is 1. The molecular weight excluding hydrogens is 358 g/mol. The number of hydrogen-bond donors (Lipinski definition) is 2. The maximum atomic E-state index is 12.0. The van der Waals surface area contributed by atoms with E-state index < -0.39 is 0 Å². The number of aryl methyl sites for hydroxylation is 1. The molecule has 3 rings (SSSR count). The third kappa shape index (κ3) is 5.23. The fourth-order valence-electron chi connectivity index (χ4n) is 2.19. The summed E-state index contributed by atoms with van der Waals surface area (Å²) in [5, 5.41) is 14.6. The minimum atomic E-state index is -0.251. The second-order valence-electron chi connectivity index (χ2n) is 5.29. The van der Waals surface area contributed by atoms with Crippen molar-refractivity contribution in [1.82, 2.24) is 15.2 Å². The standard InChI is InChI=1S/C17H16ClN5OS/c18-14-6-3-12(4-7-14)2-1-9-19-15-8-5-13(10-20-15)16(24)22-17-23-21-11-25-17/h3-8,10-11H,1-2,9H2,(H,19,20)(H,22,23,24). The van der Waals surface area contributed by atoms with Crippen molar-refractivity contribution in [1.29, 1.82) is 0 Å². The van der Waals surface area contributed by atoms with Crippen LogP contribution < -0.4 is 10.6 Å². The van der Waals surface area contributed by atoms with Gasteiger partial charge in [-0.05, 0) is 42.7 Å². The van der Waals surface area contributed by atoms with Crippen LogP contribution in [0.1, 0.15) is 22.3 Å². The summed E-state index contributed by atoms with van der Waals surface area (Å²) in [6.07, 6.45) is 3.48. The van der Waals surface area contributed by atoms with Crippen LogP contribution in [-0.4, -0.2) is 27.6 Å². The zero-order valence-electron chi connectivity index (χ0n) is 13.3. The van der Waals surface area contributed by atoms with E-state index in [2.05, 4.69) is 25.8 Å². The van der Waals surface area contributed by atoms with Gasteiger partial charge in [0.25, 0.3) is 5.91 Å². The average Bonchev–Trinajstić information content (AvgIpc) is 3.14. The van der Waals surface area contributed by atoms with Gasteiger partial charge in [-0.3, -0.25) is 10.1 Å². The zero-order chi connectivity index (χ0) is 17.5. The number of aromatic nitrogens is 3. The Balaban J connectivity index is 1.44. The smallest absolute Gasteiger partial charge is 0.259 e. The van der Waals surface area contributed by atoms with Gasteiger partial charge in [0.2, 0.25) is 5.13 Å². The third-order valence-electron chi connectivity index (χ3n) is 3.47. The predicted molar refractivity (Wildman–Crippen MR) is 100 cm³/mol. The first-order valence-electron chi connectivity index (χ1n) is 7.72. The molecule has 25 heavy (non-hydrogen) atoms. The van der Waals surface area contributed by atoms with E-state index in [9.17, 15) is 4.79 Å². The lowest BCUT2D eigenvalue weighted by molar-refractivity contribution is 0.102. The largest absolute Gasteiger partial charge is 0.370 e. The summed E-state index contributed by atoms with van der Waals surface area (Å²) in [6.45, 7) is 0.798. The Labute approximate surface area is 154 Å². The molecule has 0 fully saturated rings. The molecule has 128 valence electrons. The Morgan fingerprint density at radius 2 is 2.00 bits per heavy atom. The molecule has 2 aromatic heterocycles. The molecule has 0 aliphatic carbocycles. The minimum Gasteiger partial charge on any atom is -0.370 e. The van der Waals surface area contributed by atoms with Gasteiger partial charge in [-0.2, -0.15) is 0 Å². The van der Waals surface area contributed by atoms with E-state index in [1.54, 1.807) is 17.6 Å². The quantitative estimate of drug-likeness (QED) is 0.614. The maximum Gasteiger partial charge on any atom is 0.259 e. The topological polar surface area (TPSA) is 79.8 Å². The van der Waals surface area contributed by atoms with Gasteiger partial charge in [-0.15, -0.1) is 10.2 Å². The summed E-state index contributed by atoms with van der Waals surface area (Å²) in [7, 11) is 0. The number of nitrogens with one attached hydrogen (secondary N) is 2. The van der Waals surface area contributed by atoms with Crippen molar-refractivity contribution in [2.75, 3.05) is 17.2 Å². The average molecular weight is 374 g/mol. The number of rotatable bonds is 7. The van der Waals surface area contributed by atoms with Crippen LogP contribution in [0.4, 0.5) is 10.9 Å². The van der Waals surface area contributed by atoms with E-state index >= 15 is 0 Å². The Kier molecular flexibility index (Phi) is 5.92. The number of pyridine rings is 1. The molecule has 1 aromatic carbocycles. The Morgan fingerprint density at radius 1 is 1.16 bits per heavy atom.